The smallest absolute Gasteiger partial charge is 0.320 e. The first-order valence-corrected chi connectivity index (χ1v) is 32.1. The van der Waals surface area contributed by atoms with Crippen LogP contribution in [0.1, 0.15) is 160 Å². The van der Waals surface area contributed by atoms with Crippen molar-refractivity contribution in [1.29, 1.82) is 0 Å². The molecule has 0 aliphatic heterocycles. The number of hydrogen-bond donors (Lipinski definition) is 0. The third-order valence-electron chi connectivity index (χ3n) is 9.57. The predicted molar refractivity (Wildman–Crippen MR) is 214 cm³/mol. The molecule has 0 heterocycles. The molecule has 0 aliphatic carbocycles. The number of hydrogen-bond acceptors (Lipinski definition) is 4. The van der Waals surface area contributed by atoms with Crippen LogP contribution < -0.4 is 0 Å². The molecule has 0 bridgehead atoms. The van der Waals surface area contributed by atoms with Gasteiger partial charge in [0.2, 0.25) is 0 Å². The maximum atomic E-state index is 8.06. The van der Waals surface area contributed by atoms with Gasteiger partial charge in [-0.15, -0.1) is 0 Å². The van der Waals surface area contributed by atoms with Gasteiger partial charge in [-0.2, -0.15) is 0 Å². The molecule has 0 aliphatic rings. The van der Waals surface area contributed by atoms with Gasteiger partial charge in [0, 0.05) is 0 Å². The molecular formula is C36H84O4Si5. The van der Waals surface area contributed by atoms with Gasteiger partial charge in [0.15, 0.2) is 16.6 Å². The predicted octanol–water partition coefficient (Wildman–Crippen LogP) is 14.2. The van der Waals surface area contributed by atoms with Gasteiger partial charge >= 0.3 is 25.7 Å². The molecule has 4 nitrogen and oxygen atoms in total. The van der Waals surface area contributed by atoms with Crippen LogP contribution in [0.25, 0.3) is 0 Å². The summed E-state index contributed by atoms with van der Waals surface area (Å²) in [4.78, 5) is 0. The normalized spacial score (nSPS) is 13.6. The maximum absolute atomic E-state index is 8.06. The monoisotopic (exact) mass is 721 g/mol. The molecule has 0 radical (unpaired) electrons. The van der Waals surface area contributed by atoms with Gasteiger partial charge in [-0.05, 0) is 72.5 Å². The molecule has 0 N–H and O–H groups in total. The fourth-order valence-corrected chi connectivity index (χ4v) is 41.6. The lowest BCUT2D eigenvalue weighted by molar-refractivity contribution is 0.262. The molecule has 0 saturated carbocycles. The Labute approximate surface area is 290 Å². The molecule has 0 atom stereocenters. The minimum absolute atomic E-state index is 1.09. The van der Waals surface area contributed by atoms with Crippen molar-refractivity contribution >= 4 is 42.3 Å². The Hall–Kier alpha value is 0.924. The van der Waals surface area contributed by atoms with E-state index in [-0.39, 0.29) is 0 Å². The van der Waals surface area contributed by atoms with Crippen molar-refractivity contribution in [2.75, 3.05) is 0 Å². The second-order valence-electron chi connectivity index (χ2n) is 14.5. The van der Waals surface area contributed by atoms with E-state index in [0.29, 0.717) is 0 Å². The average molecular weight is 721 g/mol. The van der Waals surface area contributed by atoms with E-state index in [9.17, 15) is 0 Å². The Morgan fingerprint density at radius 2 is 0.378 bits per heavy atom. The summed E-state index contributed by atoms with van der Waals surface area (Å²) in [6, 6.07) is 14.3. The zero-order valence-corrected chi connectivity index (χ0v) is 38.1. The molecule has 0 spiro atoms. The highest BCUT2D eigenvalue weighted by atomic mass is 28.5. The van der Waals surface area contributed by atoms with Crippen LogP contribution in [-0.4, -0.2) is 42.3 Å². The minimum Gasteiger partial charge on any atom is -0.436 e. The summed E-state index contributed by atoms with van der Waals surface area (Å²) < 4.78 is 32.0. The molecule has 272 valence electrons. The largest absolute Gasteiger partial charge is 0.436 e. The van der Waals surface area contributed by atoms with Crippen LogP contribution in [0.4, 0.5) is 0 Å². The molecular weight excluding hydrogens is 637 g/mol. The van der Waals surface area contributed by atoms with Crippen LogP contribution >= 0.6 is 0 Å². The van der Waals surface area contributed by atoms with E-state index in [1.807, 2.05) is 0 Å². The van der Waals surface area contributed by atoms with Crippen molar-refractivity contribution in [3.63, 3.8) is 0 Å². The topological polar surface area (TPSA) is 36.9 Å². The summed E-state index contributed by atoms with van der Waals surface area (Å²) in [5.41, 5.74) is 0. The highest BCUT2D eigenvalue weighted by molar-refractivity contribution is 6.93. The Balaban J connectivity index is 7.38. The lowest BCUT2D eigenvalue weighted by Gasteiger charge is -2.50. The summed E-state index contributed by atoms with van der Waals surface area (Å²) in [5, 5.41) is 0. The summed E-state index contributed by atoms with van der Waals surface area (Å²) in [5.74, 6) is 0. The Bertz CT molecular complexity index is 607. The Morgan fingerprint density at radius 1 is 0.222 bits per heavy atom. The van der Waals surface area contributed by atoms with Crippen LogP contribution in [0.5, 0.6) is 0 Å². The van der Waals surface area contributed by atoms with E-state index in [1.54, 1.807) is 0 Å². The summed E-state index contributed by atoms with van der Waals surface area (Å²) in [6.07, 6.45) is 14.2. The van der Waals surface area contributed by atoms with E-state index < -0.39 is 42.3 Å². The standard InChI is InChI=1S/C36H84O4Si5/c1-13-25-41(26-14-2,27-15-3)37-43(31-19-7,32-20-8)39-45(35-23-11,36-24-12)40-44(33-21-9,34-22-10)38-42(28-16-4,29-17-5)30-18-6/h13-36H2,1-12H3. The SMILES string of the molecule is CCC[Si](CCC)(CCC)O[Si](CCC)(CCC)O[Si](CCC)(CCC)O[Si](CCC)(CCC)O[Si](CCC)(CCC)CCC. The second kappa shape index (κ2) is 25.0. The fourth-order valence-electron chi connectivity index (χ4n) is 8.59. The van der Waals surface area contributed by atoms with Gasteiger partial charge in [-0.1, -0.05) is 160 Å². The molecule has 0 aromatic heterocycles. The summed E-state index contributed by atoms with van der Waals surface area (Å²) in [6.45, 7) is 28.5. The minimum atomic E-state index is -2.63. The third-order valence-corrected chi connectivity index (χ3v) is 38.0. The molecule has 0 saturated heterocycles. The molecule has 0 amide bonds. The van der Waals surface area contributed by atoms with Gasteiger partial charge in [-0.3, -0.25) is 0 Å². The maximum Gasteiger partial charge on any atom is 0.320 e. The van der Waals surface area contributed by atoms with E-state index >= 15 is 0 Å². The molecule has 9 heteroatoms. The zero-order chi connectivity index (χ0) is 34.3. The first-order chi connectivity index (χ1) is 21.6. The van der Waals surface area contributed by atoms with Crippen molar-refractivity contribution in [3.05, 3.63) is 0 Å². The summed E-state index contributed by atoms with van der Waals surface area (Å²) >= 11 is 0. The highest BCUT2D eigenvalue weighted by Gasteiger charge is 2.56. The average Bonchev–Trinajstić information content (AvgIpc) is 2.94. The van der Waals surface area contributed by atoms with E-state index in [0.717, 1.165) is 74.8 Å². The Kier molecular flexibility index (Phi) is 25.5. The first kappa shape index (κ1) is 45.9. The second-order valence-corrected chi connectivity index (χ2v) is 34.0. The van der Waals surface area contributed by atoms with Crippen molar-refractivity contribution < 1.29 is 16.5 Å². The quantitative estimate of drug-likeness (QED) is 0.0648. The van der Waals surface area contributed by atoms with Crippen molar-refractivity contribution in [1.82, 2.24) is 0 Å². The van der Waals surface area contributed by atoms with Gasteiger partial charge in [-0.25, -0.2) is 0 Å². The van der Waals surface area contributed by atoms with Crippen molar-refractivity contribution in [2.24, 2.45) is 0 Å². The molecule has 0 aromatic carbocycles. The van der Waals surface area contributed by atoms with Crippen LogP contribution in [0.2, 0.25) is 72.5 Å². The van der Waals surface area contributed by atoms with Gasteiger partial charge in [0.1, 0.15) is 0 Å². The Morgan fingerprint density at radius 3 is 0.533 bits per heavy atom. The van der Waals surface area contributed by atoms with Gasteiger partial charge in [0.25, 0.3) is 0 Å². The lowest BCUT2D eigenvalue weighted by atomic mass is 10.6. The van der Waals surface area contributed by atoms with Crippen molar-refractivity contribution in [2.45, 2.75) is 233 Å². The first-order valence-electron chi connectivity index (χ1n) is 20.4. The highest BCUT2D eigenvalue weighted by Crippen LogP contribution is 2.43. The molecule has 0 fully saturated rings. The van der Waals surface area contributed by atoms with Gasteiger partial charge in [0.05, 0.1) is 0 Å². The molecule has 0 unspecified atom stereocenters. The van der Waals surface area contributed by atoms with Gasteiger partial charge < -0.3 is 16.5 Å². The van der Waals surface area contributed by atoms with Crippen LogP contribution in [0.15, 0.2) is 0 Å². The van der Waals surface area contributed by atoms with Crippen molar-refractivity contribution in [3.8, 4) is 0 Å². The van der Waals surface area contributed by atoms with Crippen LogP contribution in [0.3, 0.4) is 0 Å². The third kappa shape index (κ3) is 15.6. The fraction of sp³-hybridized carbons (Fsp3) is 1.00. The number of rotatable bonds is 32. The lowest BCUT2D eigenvalue weighted by Crippen LogP contribution is -2.65. The van der Waals surface area contributed by atoms with Crippen LogP contribution in [-0.2, 0) is 16.5 Å². The van der Waals surface area contributed by atoms with E-state index in [4.69, 9.17) is 16.5 Å². The molecule has 0 aromatic rings. The molecule has 45 heavy (non-hydrogen) atoms. The van der Waals surface area contributed by atoms with E-state index in [1.165, 1.54) is 74.8 Å². The van der Waals surface area contributed by atoms with Crippen LogP contribution in [0, 0.1) is 0 Å². The zero-order valence-electron chi connectivity index (χ0n) is 33.1. The van der Waals surface area contributed by atoms with E-state index in [2.05, 4.69) is 83.1 Å². The molecule has 0 rings (SSSR count). The summed E-state index contributed by atoms with van der Waals surface area (Å²) in [7, 11) is -11.5.